The first-order valence-electron chi connectivity index (χ1n) is 6.72. The second kappa shape index (κ2) is 6.78. The van der Waals surface area contributed by atoms with Crippen molar-refractivity contribution < 1.29 is 4.79 Å². The third-order valence-electron chi connectivity index (χ3n) is 3.39. The molecule has 0 bridgehead atoms. The first-order chi connectivity index (χ1) is 9.16. The van der Waals surface area contributed by atoms with Crippen LogP contribution in [0.3, 0.4) is 0 Å². The fourth-order valence-corrected chi connectivity index (χ4v) is 2.53. The van der Waals surface area contributed by atoms with E-state index in [1.54, 1.807) is 18.2 Å². The molecule has 5 heteroatoms. The van der Waals surface area contributed by atoms with E-state index < -0.39 is 0 Å². The van der Waals surface area contributed by atoms with Crippen LogP contribution in [0.2, 0.25) is 5.02 Å². The summed E-state index contributed by atoms with van der Waals surface area (Å²) in [6.45, 7) is 4.12. The van der Waals surface area contributed by atoms with Gasteiger partial charge >= 0.3 is 0 Å². The molecule has 1 aliphatic heterocycles. The van der Waals surface area contributed by atoms with E-state index in [1.807, 2.05) is 0 Å². The van der Waals surface area contributed by atoms with Crippen LogP contribution in [0.5, 0.6) is 0 Å². The predicted molar refractivity (Wildman–Crippen MR) is 78.5 cm³/mol. The normalized spacial score (nSPS) is 15.6. The molecular weight excluding hydrogens is 262 g/mol. The average molecular weight is 282 g/mol. The number of carbonyl (C=O) groups is 1. The van der Waals surface area contributed by atoms with Gasteiger partial charge in [-0.3, -0.25) is 4.79 Å². The van der Waals surface area contributed by atoms with Crippen molar-refractivity contribution >= 4 is 23.2 Å². The van der Waals surface area contributed by atoms with Crippen LogP contribution in [0.15, 0.2) is 18.2 Å². The van der Waals surface area contributed by atoms with E-state index in [0.29, 0.717) is 22.8 Å². The maximum Gasteiger partial charge on any atom is 0.253 e. The van der Waals surface area contributed by atoms with Crippen LogP contribution in [0.4, 0.5) is 5.69 Å². The highest BCUT2D eigenvalue weighted by molar-refractivity contribution is 6.31. The number of halogens is 1. The van der Waals surface area contributed by atoms with E-state index in [9.17, 15) is 4.79 Å². The van der Waals surface area contributed by atoms with Crippen molar-refractivity contribution in [3.63, 3.8) is 0 Å². The van der Waals surface area contributed by atoms with Crippen LogP contribution < -0.4 is 11.1 Å². The van der Waals surface area contributed by atoms with Gasteiger partial charge in [-0.05, 0) is 57.1 Å². The molecule has 0 aromatic heterocycles. The molecule has 3 N–H and O–H groups in total. The molecule has 1 amide bonds. The molecule has 1 aromatic rings. The first kappa shape index (κ1) is 14.2. The number of nitrogens with two attached hydrogens (primary N) is 1. The minimum Gasteiger partial charge on any atom is -0.398 e. The minimum absolute atomic E-state index is 0.129. The number of likely N-dealkylation sites (tertiary alicyclic amines) is 1. The molecule has 19 heavy (non-hydrogen) atoms. The molecule has 2 rings (SSSR count). The lowest BCUT2D eigenvalue weighted by Gasteiger charge is -2.14. The zero-order valence-electron chi connectivity index (χ0n) is 11.0. The van der Waals surface area contributed by atoms with Crippen molar-refractivity contribution in [2.75, 3.05) is 31.9 Å². The molecule has 1 fully saturated rings. The maximum atomic E-state index is 11.9. The standard InChI is InChI=1S/C14H20ClN3O/c15-11-4-5-12(13(16)10-11)14(19)17-6-3-9-18-7-1-2-8-18/h4-5,10H,1-3,6-9,16H2,(H,17,19). The molecule has 0 spiro atoms. The van der Waals surface area contributed by atoms with Crippen LogP contribution in [0.25, 0.3) is 0 Å². The molecule has 1 aliphatic rings. The van der Waals surface area contributed by atoms with Crippen LogP contribution in [0.1, 0.15) is 29.6 Å². The van der Waals surface area contributed by atoms with E-state index in [1.165, 1.54) is 25.9 Å². The van der Waals surface area contributed by atoms with E-state index in [2.05, 4.69) is 10.2 Å². The van der Waals surface area contributed by atoms with Crippen LogP contribution in [-0.2, 0) is 0 Å². The molecule has 1 saturated heterocycles. The maximum absolute atomic E-state index is 11.9. The summed E-state index contributed by atoms with van der Waals surface area (Å²) >= 11 is 5.80. The second-order valence-electron chi connectivity index (χ2n) is 4.89. The lowest BCUT2D eigenvalue weighted by Crippen LogP contribution is -2.29. The number of anilines is 1. The highest BCUT2D eigenvalue weighted by Gasteiger charge is 2.12. The summed E-state index contributed by atoms with van der Waals surface area (Å²) < 4.78 is 0. The van der Waals surface area contributed by atoms with Crippen LogP contribution >= 0.6 is 11.6 Å². The van der Waals surface area contributed by atoms with E-state index >= 15 is 0 Å². The van der Waals surface area contributed by atoms with Gasteiger partial charge in [-0.1, -0.05) is 11.6 Å². The number of nitrogen functional groups attached to an aromatic ring is 1. The van der Waals surface area contributed by atoms with Gasteiger partial charge in [0.25, 0.3) is 5.91 Å². The van der Waals surface area contributed by atoms with Gasteiger partial charge in [0.05, 0.1) is 5.56 Å². The summed E-state index contributed by atoms with van der Waals surface area (Å²) in [5.41, 5.74) is 6.68. The van der Waals surface area contributed by atoms with Crippen molar-refractivity contribution in [1.82, 2.24) is 10.2 Å². The number of hydrogen-bond donors (Lipinski definition) is 2. The third kappa shape index (κ3) is 4.11. The van der Waals surface area contributed by atoms with Gasteiger partial charge in [-0.25, -0.2) is 0 Å². The monoisotopic (exact) mass is 281 g/mol. The van der Waals surface area contributed by atoms with Gasteiger partial charge in [0.1, 0.15) is 0 Å². The number of nitrogens with zero attached hydrogens (tertiary/aromatic N) is 1. The van der Waals surface area contributed by atoms with Gasteiger partial charge in [-0.2, -0.15) is 0 Å². The zero-order valence-corrected chi connectivity index (χ0v) is 11.7. The summed E-state index contributed by atoms with van der Waals surface area (Å²) in [6, 6.07) is 4.94. The van der Waals surface area contributed by atoms with Crippen molar-refractivity contribution in [3.05, 3.63) is 28.8 Å². The van der Waals surface area contributed by atoms with Gasteiger partial charge < -0.3 is 16.0 Å². The summed E-state index contributed by atoms with van der Waals surface area (Å²) in [4.78, 5) is 14.4. The van der Waals surface area contributed by atoms with Crippen LogP contribution in [0, 0.1) is 0 Å². The fourth-order valence-electron chi connectivity index (χ4n) is 2.35. The smallest absolute Gasteiger partial charge is 0.253 e. The molecule has 0 atom stereocenters. The Labute approximate surface area is 118 Å². The van der Waals surface area contributed by atoms with Crippen molar-refractivity contribution in [1.29, 1.82) is 0 Å². The summed E-state index contributed by atoms with van der Waals surface area (Å²) in [7, 11) is 0. The highest BCUT2D eigenvalue weighted by atomic mass is 35.5. The lowest BCUT2D eigenvalue weighted by atomic mass is 10.1. The largest absolute Gasteiger partial charge is 0.398 e. The van der Waals surface area contributed by atoms with E-state index in [-0.39, 0.29) is 5.91 Å². The van der Waals surface area contributed by atoms with Gasteiger partial charge in [-0.15, -0.1) is 0 Å². The summed E-state index contributed by atoms with van der Waals surface area (Å²) in [5, 5.41) is 3.44. The van der Waals surface area contributed by atoms with Crippen LogP contribution in [-0.4, -0.2) is 37.0 Å². The van der Waals surface area contributed by atoms with E-state index in [4.69, 9.17) is 17.3 Å². The van der Waals surface area contributed by atoms with Crippen molar-refractivity contribution in [2.45, 2.75) is 19.3 Å². The zero-order chi connectivity index (χ0) is 13.7. The van der Waals surface area contributed by atoms with Crippen molar-refractivity contribution in [2.24, 2.45) is 0 Å². The fraction of sp³-hybridized carbons (Fsp3) is 0.500. The Balaban J connectivity index is 1.74. The topological polar surface area (TPSA) is 58.4 Å². The number of hydrogen-bond acceptors (Lipinski definition) is 3. The Hall–Kier alpha value is -1.26. The lowest BCUT2D eigenvalue weighted by molar-refractivity contribution is 0.0953. The van der Waals surface area contributed by atoms with E-state index in [0.717, 1.165) is 13.0 Å². The van der Waals surface area contributed by atoms with Gasteiger partial charge in [0.15, 0.2) is 0 Å². The van der Waals surface area contributed by atoms with Gasteiger partial charge in [0, 0.05) is 17.3 Å². The molecule has 4 nitrogen and oxygen atoms in total. The predicted octanol–water partition coefficient (Wildman–Crippen LogP) is 2.14. The average Bonchev–Trinajstić information content (AvgIpc) is 2.87. The number of benzene rings is 1. The SMILES string of the molecule is Nc1cc(Cl)ccc1C(=O)NCCCN1CCCC1. The third-order valence-corrected chi connectivity index (χ3v) is 3.63. The minimum atomic E-state index is -0.129. The molecule has 0 aliphatic carbocycles. The Morgan fingerprint density at radius 2 is 2.11 bits per heavy atom. The van der Waals surface area contributed by atoms with Gasteiger partial charge in [0.2, 0.25) is 0 Å². The number of nitrogens with one attached hydrogen (secondary N) is 1. The molecular formula is C14H20ClN3O. The van der Waals surface area contributed by atoms with Crippen molar-refractivity contribution in [3.8, 4) is 0 Å². The Morgan fingerprint density at radius 3 is 2.79 bits per heavy atom. The first-order valence-corrected chi connectivity index (χ1v) is 7.10. The molecule has 0 saturated carbocycles. The Bertz CT molecular complexity index is 444. The number of amides is 1. The Morgan fingerprint density at radius 1 is 1.37 bits per heavy atom. The Kier molecular flexibility index (Phi) is 5.05. The highest BCUT2D eigenvalue weighted by Crippen LogP contribution is 2.17. The quantitative estimate of drug-likeness (QED) is 0.642. The number of rotatable bonds is 5. The second-order valence-corrected chi connectivity index (χ2v) is 5.33. The molecule has 104 valence electrons. The summed E-state index contributed by atoms with van der Waals surface area (Å²) in [6.07, 6.45) is 3.57. The molecule has 0 radical (unpaired) electrons. The molecule has 1 aromatic carbocycles. The molecule has 0 unspecified atom stereocenters. The molecule has 1 heterocycles. The summed E-state index contributed by atoms with van der Waals surface area (Å²) in [5.74, 6) is -0.129. The number of carbonyl (C=O) groups excluding carboxylic acids is 1.